The van der Waals surface area contributed by atoms with Crippen molar-refractivity contribution in [3.05, 3.63) is 23.3 Å². The highest BCUT2D eigenvalue weighted by atomic mass is 35.5. The number of carbonyl (C=O) groups excluding carboxylic acids is 1. The van der Waals surface area contributed by atoms with Crippen molar-refractivity contribution in [3.8, 4) is 11.5 Å². The van der Waals surface area contributed by atoms with Gasteiger partial charge in [0.05, 0.1) is 7.11 Å². The van der Waals surface area contributed by atoms with Crippen molar-refractivity contribution in [2.75, 3.05) is 7.11 Å². The first-order chi connectivity index (χ1) is 6.22. The molecule has 0 spiro atoms. The number of rotatable bonds is 3. The lowest BCUT2D eigenvalue weighted by Crippen LogP contribution is -1.92. The molecule has 0 radical (unpaired) electrons. The average Bonchev–Trinajstić information content (AvgIpc) is 2.17. The SMILES string of the molecule is COc1cc(C=O)c(C)cc1OCl. The van der Waals surface area contributed by atoms with Crippen molar-refractivity contribution in [2.24, 2.45) is 0 Å². The van der Waals surface area contributed by atoms with Crippen LogP contribution in [-0.4, -0.2) is 13.4 Å². The number of hydrogen-bond acceptors (Lipinski definition) is 3. The lowest BCUT2D eigenvalue weighted by atomic mass is 10.1. The molecule has 0 amide bonds. The van der Waals surface area contributed by atoms with Crippen LogP contribution < -0.4 is 9.03 Å². The molecule has 0 aromatic heterocycles. The van der Waals surface area contributed by atoms with E-state index in [4.69, 9.17) is 16.6 Å². The Hall–Kier alpha value is -1.22. The maximum atomic E-state index is 10.6. The van der Waals surface area contributed by atoms with Crippen LogP contribution in [0.3, 0.4) is 0 Å². The van der Waals surface area contributed by atoms with Gasteiger partial charge in [-0.05, 0) is 24.6 Å². The number of benzene rings is 1. The smallest absolute Gasteiger partial charge is 0.188 e. The molecule has 1 aromatic rings. The van der Waals surface area contributed by atoms with Gasteiger partial charge >= 0.3 is 0 Å². The van der Waals surface area contributed by atoms with E-state index in [0.29, 0.717) is 17.1 Å². The van der Waals surface area contributed by atoms with Crippen LogP contribution in [0.15, 0.2) is 12.1 Å². The minimum atomic E-state index is 0.410. The Morgan fingerprint density at radius 2 is 2.08 bits per heavy atom. The summed E-state index contributed by atoms with van der Waals surface area (Å²) in [6, 6.07) is 3.23. The van der Waals surface area contributed by atoms with Gasteiger partial charge in [0.1, 0.15) is 18.2 Å². The second kappa shape index (κ2) is 4.14. The molecule has 0 fully saturated rings. The quantitative estimate of drug-likeness (QED) is 0.703. The number of methoxy groups -OCH3 is 1. The fourth-order valence-electron chi connectivity index (χ4n) is 1.02. The molecule has 0 aliphatic rings. The van der Waals surface area contributed by atoms with Gasteiger partial charge in [0.2, 0.25) is 0 Å². The summed E-state index contributed by atoms with van der Waals surface area (Å²) in [5, 5.41) is 0. The zero-order valence-corrected chi connectivity index (χ0v) is 8.09. The predicted molar refractivity (Wildman–Crippen MR) is 49.6 cm³/mol. The van der Waals surface area contributed by atoms with Gasteiger partial charge in [-0.25, -0.2) is 0 Å². The lowest BCUT2D eigenvalue weighted by Gasteiger charge is -2.07. The molecule has 0 N–H and O–H groups in total. The van der Waals surface area contributed by atoms with Crippen LogP contribution in [0.5, 0.6) is 11.5 Å². The van der Waals surface area contributed by atoms with Gasteiger partial charge in [0.25, 0.3) is 0 Å². The highest BCUT2D eigenvalue weighted by molar-refractivity contribution is 6.09. The van der Waals surface area contributed by atoms with E-state index in [9.17, 15) is 4.79 Å². The summed E-state index contributed by atoms with van der Waals surface area (Å²) in [5.74, 6) is 0.856. The second-order valence-corrected chi connectivity index (χ2v) is 2.71. The molecule has 0 bridgehead atoms. The number of aldehydes is 1. The number of carbonyl (C=O) groups is 1. The fraction of sp³-hybridized carbons (Fsp3) is 0.222. The van der Waals surface area contributed by atoms with E-state index in [2.05, 4.69) is 4.29 Å². The summed E-state index contributed by atoms with van der Waals surface area (Å²) in [4.78, 5) is 10.6. The number of halogens is 1. The van der Waals surface area contributed by atoms with Crippen LogP contribution in [0.2, 0.25) is 0 Å². The van der Waals surface area contributed by atoms with Crippen molar-refractivity contribution in [2.45, 2.75) is 6.92 Å². The lowest BCUT2D eigenvalue weighted by molar-refractivity contribution is 0.112. The molecule has 70 valence electrons. The maximum Gasteiger partial charge on any atom is 0.188 e. The van der Waals surface area contributed by atoms with Crippen LogP contribution in [0.1, 0.15) is 15.9 Å². The number of aryl methyl sites for hydroxylation is 1. The van der Waals surface area contributed by atoms with E-state index in [0.717, 1.165) is 11.8 Å². The van der Waals surface area contributed by atoms with Gasteiger partial charge in [-0.15, -0.1) is 0 Å². The van der Waals surface area contributed by atoms with E-state index in [1.54, 1.807) is 19.1 Å². The Labute approximate surface area is 81.4 Å². The Balaban J connectivity index is 3.26. The zero-order chi connectivity index (χ0) is 9.84. The summed E-state index contributed by atoms with van der Waals surface area (Å²) in [6.07, 6.45) is 0.760. The van der Waals surface area contributed by atoms with Crippen LogP contribution in [0, 0.1) is 6.92 Å². The third-order valence-electron chi connectivity index (χ3n) is 1.76. The van der Waals surface area contributed by atoms with Gasteiger partial charge in [-0.2, -0.15) is 0 Å². The molecule has 0 saturated carbocycles. The molecule has 0 heterocycles. The fourth-order valence-corrected chi connectivity index (χ4v) is 1.14. The summed E-state index contributed by atoms with van der Waals surface area (Å²) < 4.78 is 9.51. The third kappa shape index (κ3) is 1.92. The standard InChI is InChI=1S/C9H9ClO3/c1-6-3-9(13-10)8(12-2)4-7(6)5-11/h3-5H,1-2H3. The molecule has 0 atom stereocenters. The maximum absolute atomic E-state index is 10.6. The van der Waals surface area contributed by atoms with Gasteiger partial charge in [-0.1, -0.05) is 0 Å². The normalized spacial score (nSPS) is 9.46. The first-order valence-electron chi connectivity index (χ1n) is 3.65. The molecule has 3 nitrogen and oxygen atoms in total. The second-order valence-electron chi connectivity index (χ2n) is 2.55. The van der Waals surface area contributed by atoms with E-state index in [1.807, 2.05) is 0 Å². The van der Waals surface area contributed by atoms with Crippen LogP contribution in [0.25, 0.3) is 0 Å². The molecule has 4 heteroatoms. The first-order valence-corrected chi connectivity index (χ1v) is 3.96. The Morgan fingerprint density at radius 3 is 2.54 bits per heavy atom. The van der Waals surface area contributed by atoms with Crippen molar-refractivity contribution in [1.29, 1.82) is 0 Å². The molecule has 0 unspecified atom stereocenters. The summed E-state index contributed by atoms with van der Waals surface area (Å²) in [5.41, 5.74) is 1.36. The monoisotopic (exact) mass is 200 g/mol. The topological polar surface area (TPSA) is 35.5 Å². The minimum absolute atomic E-state index is 0.410. The Morgan fingerprint density at radius 1 is 1.38 bits per heavy atom. The highest BCUT2D eigenvalue weighted by Gasteiger charge is 2.08. The third-order valence-corrected chi connectivity index (χ3v) is 1.93. The van der Waals surface area contributed by atoms with Crippen molar-refractivity contribution >= 4 is 18.2 Å². The Bertz CT molecular complexity index is 323. The van der Waals surface area contributed by atoms with Gasteiger partial charge in [0, 0.05) is 5.56 Å². The van der Waals surface area contributed by atoms with E-state index in [1.165, 1.54) is 7.11 Å². The molecule has 0 aliphatic carbocycles. The van der Waals surface area contributed by atoms with E-state index >= 15 is 0 Å². The minimum Gasteiger partial charge on any atom is -0.493 e. The predicted octanol–water partition coefficient (Wildman–Crippen LogP) is 2.35. The summed E-state index contributed by atoms with van der Waals surface area (Å²) in [6.45, 7) is 1.79. The van der Waals surface area contributed by atoms with Crippen LogP contribution >= 0.6 is 11.9 Å². The molecule has 13 heavy (non-hydrogen) atoms. The summed E-state index contributed by atoms with van der Waals surface area (Å²) >= 11 is 5.21. The van der Waals surface area contributed by atoms with Crippen molar-refractivity contribution in [3.63, 3.8) is 0 Å². The van der Waals surface area contributed by atoms with Crippen LogP contribution in [-0.2, 0) is 0 Å². The molecular formula is C9H9ClO3. The zero-order valence-electron chi connectivity index (χ0n) is 7.33. The van der Waals surface area contributed by atoms with E-state index in [-0.39, 0.29) is 0 Å². The van der Waals surface area contributed by atoms with Crippen LogP contribution in [0.4, 0.5) is 0 Å². The number of ether oxygens (including phenoxy) is 1. The molecule has 1 aromatic carbocycles. The van der Waals surface area contributed by atoms with E-state index < -0.39 is 0 Å². The highest BCUT2D eigenvalue weighted by Crippen LogP contribution is 2.30. The van der Waals surface area contributed by atoms with Gasteiger partial charge < -0.3 is 9.03 Å². The summed E-state index contributed by atoms with van der Waals surface area (Å²) in [7, 11) is 1.48. The average molecular weight is 201 g/mol. The van der Waals surface area contributed by atoms with Gasteiger partial charge in [-0.3, -0.25) is 4.79 Å². The van der Waals surface area contributed by atoms with Crippen molar-refractivity contribution in [1.82, 2.24) is 0 Å². The molecule has 0 aliphatic heterocycles. The Kier molecular flexibility index (Phi) is 3.14. The number of hydrogen-bond donors (Lipinski definition) is 0. The molecule has 1 rings (SSSR count). The molecule has 0 saturated heterocycles. The first kappa shape index (κ1) is 9.86. The van der Waals surface area contributed by atoms with Gasteiger partial charge in [0.15, 0.2) is 11.5 Å². The molecular weight excluding hydrogens is 192 g/mol. The van der Waals surface area contributed by atoms with Crippen molar-refractivity contribution < 1.29 is 13.8 Å². The largest absolute Gasteiger partial charge is 0.493 e.